The van der Waals surface area contributed by atoms with E-state index in [0.717, 1.165) is 11.3 Å². The summed E-state index contributed by atoms with van der Waals surface area (Å²) in [5.41, 5.74) is 1.11. The van der Waals surface area contributed by atoms with E-state index in [1.54, 1.807) is 6.26 Å². The van der Waals surface area contributed by atoms with Crippen molar-refractivity contribution in [3.05, 3.63) is 36.1 Å². The highest BCUT2D eigenvalue weighted by Gasteiger charge is 1.91. The Balaban J connectivity index is 2.52. The van der Waals surface area contributed by atoms with Crippen LogP contribution in [0.25, 0.3) is 6.08 Å². The van der Waals surface area contributed by atoms with Crippen LogP contribution < -0.4 is 4.74 Å². The molecule has 1 rings (SSSR count). The zero-order valence-electron chi connectivity index (χ0n) is 9.57. The van der Waals surface area contributed by atoms with Crippen LogP contribution >= 0.6 is 0 Å². The molecular formula is C13H18O2. The van der Waals surface area contributed by atoms with Gasteiger partial charge < -0.3 is 9.47 Å². The van der Waals surface area contributed by atoms with Crippen LogP contribution in [0.4, 0.5) is 0 Å². The van der Waals surface area contributed by atoms with Gasteiger partial charge in [-0.15, -0.1) is 0 Å². The van der Waals surface area contributed by atoms with Gasteiger partial charge in [0.1, 0.15) is 5.75 Å². The van der Waals surface area contributed by atoms with Gasteiger partial charge in [0.2, 0.25) is 0 Å². The Morgan fingerprint density at radius 3 is 2.40 bits per heavy atom. The number of hydrogen-bond acceptors (Lipinski definition) is 2. The van der Waals surface area contributed by atoms with Crippen molar-refractivity contribution >= 4 is 6.08 Å². The molecule has 0 heterocycles. The van der Waals surface area contributed by atoms with Gasteiger partial charge in [0, 0.05) is 0 Å². The minimum Gasteiger partial charge on any atom is -0.499 e. The maximum Gasteiger partial charge on any atom is 0.119 e. The van der Waals surface area contributed by atoms with Gasteiger partial charge in [-0.1, -0.05) is 12.1 Å². The van der Waals surface area contributed by atoms with Crippen molar-refractivity contribution in [2.45, 2.75) is 26.9 Å². The van der Waals surface area contributed by atoms with E-state index in [2.05, 4.69) is 0 Å². The van der Waals surface area contributed by atoms with Crippen LogP contribution in [0.5, 0.6) is 5.75 Å². The molecule has 0 fully saturated rings. The summed E-state index contributed by atoms with van der Waals surface area (Å²) in [5, 5.41) is 0. The van der Waals surface area contributed by atoms with E-state index >= 15 is 0 Å². The molecule has 0 radical (unpaired) electrons. The smallest absolute Gasteiger partial charge is 0.119 e. The Hall–Kier alpha value is -1.44. The standard InChI is InChI=1S/C13H18O2/c1-4-14-13-7-5-12(6-8-13)9-10-15-11(2)3/h5-11H,4H2,1-3H3. The predicted octanol–water partition coefficient (Wildman–Crippen LogP) is 3.48. The number of ether oxygens (including phenoxy) is 2. The highest BCUT2D eigenvalue weighted by Crippen LogP contribution is 2.13. The fourth-order valence-electron chi connectivity index (χ4n) is 1.12. The SMILES string of the molecule is CCOc1ccc(C=COC(C)C)cc1. The van der Waals surface area contributed by atoms with E-state index in [4.69, 9.17) is 9.47 Å². The Morgan fingerprint density at radius 2 is 1.87 bits per heavy atom. The lowest BCUT2D eigenvalue weighted by molar-refractivity contribution is 0.181. The highest BCUT2D eigenvalue weighted by molar-refractivity contribution is 5.49. The monoisotopic (exact) mass is 206 g/mol. The van der Waals surface area contributed by atoms with E-state index < -0.39 is 0 Å². The van der Waals surface area contributed by atoms with Crippen LogP contribution in [0.2, 0.25) is 0 Å². The van der Waals surface area contributed by atoms with Crippen molar-refractivity contribution in [2.24, 2.45) is 0 Å². The van der Waals surface area contributed by atoms with Crippen LogP contribution in [0.1, 0.15) is 26.3 Å². The lowest BCUT2D eigenvalue weighted by Crippen LogP contribution is -1.94. The second-order valence-corrected chi connectivity index (χ2v) is 3.49. The Morgan fingerprint density at radius 1 is 1.20 bits per heavy atom. The fraction of sp³-hybridized carbons (Fsp3) is 0.385. The van der Waals surface area contributed by atoms with Gasteiger partial charge >= 0.3 is 0 Å². The van der Waals surface area contributed by atoms with Crippen LogP contribution in [-0.4, -0.2) is 12.7 Å². The molecule has 0 spiro atoms. The van der Waals surface area contributed by atoms with Crippen molar-refractivity contribution in [1.82, 2.24) is 0 Å². The maximum atomic E-state index is 5.35. The lowest BCUT2D eigenvalue weighted by atomic mass is 10.2. The maximum absolute atomic E-state index is 5.35. The van der Waals surface area contributed by atoms with Crippen molar-refractivity contribution < 1.29 is 9.47 Å². The molecule has 0 N–H and O–H groups in total. The van der Waals surface area contributed by atoms with E-state index in [9.17, 15) is 0 Å². The number of benzene rings is 1. The summed E-state index contributed by atoms with van der Waals surface area (Å²) in [6, 6.07) is 7.92. The molecule has 0 bridgehead atoms. The first-order chi connectivity index (χ1) is 7.22. The van der Waals surface area contributed by atoms with Crippen LogP contribution in [0.3, 0.4) is 0 Å². The van der Waals surface area contributed by atoms with E-state index in [1.807, 2.05) is 51.1 Å². The Labute approximate surface area is 91.5 Å². The number of rotatable bonds is 5. The topological polar surface area (TPSA) is 18.5 Å². The fourth-order valence-corrected chi connectivity index (χ4v) is 1.12. The summed E-state index contributed by atoms with van der Waals surface area (Å²) in [6.45, 7) is 6.68. The average Bonchev–Trinajstić information content (AvgIpc) is 2.20. The zero-order chi connectivity index (χ0) is 11.1. The minimum absolute atomic E-state index is 0.226. The molecule has 15 heavy (non-hydrogen) atoms. The third-order valence-corrected chi connectivity index (χ3v) is 1.80. The first-order valence-corrected chi connectivity index (χ1v) is 5.27. The van der Waals surface area contributed by atoms with Gasteiger partial charge in [-0.25, -0.2) is 0 Å². The highest BCUT2D eigenvalue weighted by atomic mass is 16.5. The van der Waals surface area contributed by atoms with Gasteiger partial charge in [-0.05, 0) is 44.5 Å². The van der Waals surface area contributed by atoms with Gasteiger partial charge in [0.05, 0.1) is 19.0 Å². The second kappa shape index (κ2) is 6.12. The van der Waals surface area contributed by atoms with Gasteiger partial charge in [-0.3, -0.25) is 0 Å². The largest absolute Gasteiger partial charge is 0.499 e. The molecule has 0 aromatic heterocycles. The first kappa shape index (κ1) is 11.6. The first-order valence-electron chi connectivity index (χ1n) is 5.27. The van der Waals surface area contributed by atoms with E-state index in [1.165, 1.54) is 0 Å². The molecule has 0 atom stereocenters. The summed E-state index contributed by atoms with van der Waals surface area (Å²) in [4.78, 5) is 0. The Bertz CT molecular complexity index is 299. The van der Waals surface area contributed by atoms with Crippen LogP contribution in [0.15, 0.2) is 30.5 Å². The quantitative estimate of drug-likeness (QED) is 0.687. The molecule has 0 aliphatic heterocycles. The molecule has 0 saturated heterocycles. The lowest BCUT2D eigenvalue weighted by Gasteiger charge is -2.04. The van der Waals surface area contributed by atoms with Gasteiger partial charge in [0.15, 0.2) is 0 Å². The summed E-state index contributed by atoms with van der Waals surface area (Å²) in [7, 11) is 0. The molecular weight excluding hydrogens is 188 g/mol. The third kappa shape index (κ3) is 4.54. The molecule has 0 saturated carbocycles. The second-order valence-electron chi connectivity index (χ2n) is 3.49. The van der Waals surface area contributed by atoms with Crippen molar-refractivity contribution in [3.8, 4) is 5.75 Å². The molecule has 0 unspecified atom stereocenters. The molecule has 2 nitrogen and oxygen atoms in total. The third-order valence-electron chi connectivity index (χ3n) is 1.80. The summed E-state index contributed by atoms with van der Waals surface area (Å²) in [5.74, 6) is 0.902. The molecule has 0 aliphatic rings. The summed E-state index contributed by atoms with van der Waals surface area (Å²) >= 11 is 0. The van der Waals surface area contributed by atoms with E-state index in [-0.39, 0.29) is 6.10 Å². The normalized spacial score (nSPS) is 10.9. The minimum atomic E-state index is 0.226. The van der Waals surface area contributed by atoms with Gasteiger partial charge in [0.25, 0.3) is 0 Å². The van der Waals surface area contributed by atoms with Crippen molar-refractivity contribution in [2.75, 3.05) is 6.61 Å². The molecule has 2 heteroatoms. The van der Waals surface area contributed by atoms with Gasteiger partial charge in [-0.2, -0.15) is 0 Å². The predicted molar refractivity (Wildman–Crippen MR) is 62.9 cm³/mol. The molecule has 1 aromatic carbocycles. The van der Waals surface area contributed by atoms with Crippen molar-refractivity contribution in [3.63, 3.8) is 0 Å². The summed E-state index contributed by atoms with van der Waals surface area (Å²) in [6.07, 6.45) is 3.89. The molecule has 0 aliphatic carbocycles. The van der Waals surface area contributed by atoms with Crippen LogP contribution in [0, 0.1) is 0 Å². The molecule has 82 valence electrons. The summed E-state index contributed by atoms with van der Waals surface area (Å²) < 4.78 is 10.7. The van der Waals surface area contributed by atoms with Crippen molar-refractivity contribution in [1.29, 1.82) is 0 Å². The number of hydrogen-bond donors (Lipinski definition) is 0. The van der Waals surface area contributed by atoms with Crippen LogP contribution in [-0.2, 0) is 4.74 Å². The molecule has 0 amide bonds. The Kier molecular flexibility index (Phi) is 4.75. The average molecular weight is 206 g/mol. The molecule has 1 aromatic rings. The van der Waals surface area contributed by atoms with E-state index in [0.29, 0.717) is 6.61 Å². The zero-order valence-corrected chi connectivity index (χ0v) is 9.57.